The van der Waals surface area contributed by atoms with Gasteiger partial charge in [0.1, 0.15) is 5.69 Å². The van der Waals surface area contributed by atoms with Crippen LogP contribution in [0, 0.1) is 0 Å². The average molecular weight is 281 g/mol. The van der Waals surface area contributed by atoms with Gasteiger partial charge in [0.05, 0.1) is 5.69 Å². The summed E-state index contributed by atoms with van der Waals surface area (Å²) in [6.45, 7) is 0. The molecule has 0 amide bonds. The van der Waals surface area contributed by atoms with Crippen molar-refractivity contribution in [3.05, 3.63) is 58.1 Å². The number of rotatable bonds is 1. The minimum atomic E-state index is -0.0373. The summed E-state index contributed by atoms with van der Waals surface area (Å²) >= 11 is 1.72. The van der Waals surface area contributed by atoms with Crippen molar-refractivity contribution >= 4 is 22.5 Å². The van der Waals surface area contributed by atoms with Crippen molar-refractivity contribution in [3.63, 3.8) is 0 Å². The van der Waals surface area contributed by atoms with Crippen LogP contribution in [-0.2, 0) is 11.5 Å². The fraction of sp³-hybridized carbons (Fsp3) is 0.133. The molecule has 1 aliphatic heterocycles. The van der Waals surface area contributed by atoms with Crippen molar-refractivity contribution in [3.8, 4) is 11.5 Å². The Balaban J connectivity index is 2.01. The van der Waals surface area contributed by atoms with Gasteiger partial charge in [-0.15, -0.1) is 0 Å². The van der Waals surface area contributed by atoms with Gasteiger partial charge in [-0.3, -0.25) is 9.78 Å². The van der Waals surface area contributed by atoms with Crippen molar-refractivity contribution in [2.75, 3.05) is 0 Å². The summed E-state index contributed by atoms with van der Waals surface area (Å²) in [4.78, 5) is 24.0. The number of fused-ring (bicyclic) bond motifs is 2. The van der Waals surface area contributed by atoms with E-state index in [0.717, 1.165) is 39.2 Å². The molecule has 3 heterocycles. The number of aromatic nitrogens is 3. The molecule has 0 fully saturated rings. The number of H-pyrrole nitrogens is 1. The number of pyridine rings is 1. The zero-order valence-electron chi connectivity index (χ0n) is 10.6. The summed E-state index contributed by atoms with van der Waals surface area (Å²) in [5.74, 6) is 2.12. The van der Waals surface area contributed by atoms with Gasteiger partial charge in [0.25, 0.3) is 5.56 Å². The monoisotopic (exact) mass is 281 g/mol. The third kappa shape index (κ3) is 1.74. The van der Waals surface area contributed by atoms with Crippen molar-refractivity contribution in [2.45, 2.75) is 11.5 Å². The number of benzene rings is 1. The molecule has 4 rings (SSSR count). The highest BCUT2D eigenvalue weighted by atomic mass is 32.2. The lowest BCUT2D eigenvalue weighted by Crippen LogP contribution is -2.15. The van der Waals surface area contributed by atoms with E-state index in [4.69, 9.17) is 0 Å². The molecule has 0 radical (unpaired) electrons. The molecule has 3 aromatic rings. The van der Waals surface area contributed by atoms with Crippen LogP contribution >= 0.6 is 11.8 Å². The Hall–Kier alpha value is -2.14. The normalized spacial score (nSPS) is 13.6. The predicted octanol–water partition coefficient (Wildman–Crippen LogP) is 2.73. The molecule has 1 N–H and O–H groups in total. The first-order valence-electron chi connectivity index (χ1n) is 6.37. The van der Waals surface area contributed by atoms with Gasteiger partial charge >= 0.3 is 0 Å². The van der Waals surface area contributed by atoms with Gasteiger partial charge in [0.2, 0.25) is 0 Å². The highest BCUT2D eigenvalue weighted by Gasteiger charge is 2.19. The Bertz CT molecular complexity index is 867. The topological polar surface area (TPSA) is 58.6 Å². The summed E-state index contributed by atoms with van der Waals surface area (Å²) in [7, 11) is 0. The number of thioether (sulfide) groups is 1. The molecule has 2 aromatic heterocycles. The molecule has 98 valence electrons. The van der Waals surface area contributed by atoms with Crippen LogP contribution in [0.3, 0.4) is 0 Å². The van der Waals surface area contributed by atoms with Crippen molar-refractivity contribution < 1.29 is 0 Å². The van der Waals surface area contributed by atoms with E-state index >= 15 is 0 Å². The number of nitrogens with one attached hydrogen (secondary N) is 1. The van der Waals surface area contributed by atoms with Crippen LogP contribution in [0.2, 0.25) is 0 Å². The maximum Gasteiger partial charge on any atom is 0.255 e. The van der Waals surface area contributed by atoms with Gasteiger partial charge in [-0.1, -0.05) is 24.3 Å². The van der Waals surface area contributed by atoms with Crippen LogP contribution in [0.1, 0.15) is 11.3 Å². The minimum absolute atomic E-state index is 0.0373. The van der Waals surface area contributed by atoms with Gasteiger partial charge in [0.15, 0.2) is 5.82 Å². The lowest BCUT2D eigenvalue weighted by atomic mass is 10.1. The average Bonchev–Trinajstić information content (AvgIpc) is 2.95. The fourth-order valence-electron chi connectivity index (χ4n) is 2.48. The Morgan fingerprint density at radius 1 is 1.15 bits per heavy atom. The third-order valence-electron chi connectivity index (χ3n) is 3.48. The molecule has 20 heavy (non-hydrogen) atoms. The Kier molecular flexibility index (Phi) is 2.60. The quantitative estimate of drug-likeness (QED) is 0.745. The summed E-state index contributed by atoms with van der Waals surface area (Å²) in [5.41, 5.74) is 2.40. The highest BCUT2D eigenvalue weighted by Crippen LogP contribution is 2.28. The molecule has 1 aliphatic rings. The van der Waals surface area contributed by atoms with Crippen LogP contribution in [0.25, 0.3) is 22.3 Å². The zero-order chi connectivity index (χ0) is 13.5. The Labute approximate surface area is 119 Å². The van der Waals surface area contributed by atoms with Crippen LogP contribution in [-0.4, -0.2) is 15.0 Å². The molecular weight excluding hydrogens is 270 g/mol. The highest BCUT2D eigenvalue weighted by molar-refractivity contribution is 7.98. The molecule has 1 aromatic carbocycles. The van der Waals surface area contributed by atoms with E-state index in [1.165, 1.54) is 0 Å². The van der Waals surface area contributed by atoms with E-state index in [1.54, 1.807) is 18.0 Å². The third-order valence-corrected chi connectivity index (χ3v) is 4.45. The molecule has 0 atom stereocenters. The molecule has 0 saturated carbocycles. The summed E-state index contributed by atoms with van der Waals surface area (Å²) in [6.07, 6.45) is 1.75. The standard InChI is InChI=1S/C15H11N3OS/c19-15-11-7-20-8-12(11)17-14(18-15)13-10-4-2-1-3-9(10)5-6-16-13/h1-6H,7-8H2,(H,17,18,19). The second-order valence-electron chi connectivity index (χ2n) is 4.71. The Morgan fingerprint density at radius 3 is 3.00 bits per heavy atom. The van der Waals surface area contributed by atoms with Crippen molar-refractivity contribution in [1.29, 1.82) is 0 Å². The zero-order valence-corrected chi connectivity index (χ0v) is 11.4. The van der Waals surface area contributed by atoms with Crippen molar-refractivity contribution in [2.24, 2.45) is 0 Å². The van der Waals surface area contributed by atoms with Gasteiger partial charge in [-0.2, -0.15) is 11.8 Å². The first-order chi connectivity index (χ1) is 9.83. The lowest BCUT2D eigenvalue weighted by molar-refractivity contribution is 1.02. The second kappa shape index (κ2) is 4.45. The maximum atomic E-state index is 12.1. The van der Waals surface area contributed by atoms with E-state index in [2.05, 4.69) is 15.0 Å². The molecule has 5 heteroatoms. The van der Waals surface area contributed by atoms with Crippen LogP contribution in [0.15, 0.2) is 41.3 Å². The number of nitrogens with zero attached hydrogens (tertiary/aromatic N) is 2. The lowest BCUT2D eigenvalue weighted by Gasteiger charge is -2.06. The minimum Gasteiger partial charge on any atom is -0.305 e. The van der Waals surface area contributed by atoms with E-state index in [-0.39, 0.29) is 5.56 Å². The molecule has 0 aliphatic carbocycles. The van der Waals surface area contributed by atoms with E-state index < -0.39 is 0 Å². The smallest absolute Gasteiger partial charge is 0.255 e. The Morgan fingerprint density at radius 2 is 2.05 bits per heavy atom. The van der Waals surface area contributed by atoms with Gasteiger partial charge in [0, 0.05) is 28.7 Å². The first-order valence-corrected chi connectivity index (χ1v) is 7.52. The molecule has 0 spiro atoms. The fourth-order valence-corrected chi connectivity index (χ4v) is 3.52. The van der Waals surface area contributed by atoms with Gasteiger partial charge in [-0.25, -0.2) is 4.98 Å². The van der Waals surface area contributed by atoms with E-state index in [1.807, 2.05) is 30.3 Å². The maximum absolute atomic E-state index is 12.1. The molecule has 0 unspecified atom stereocenters. The predicted molar refractivity (Wildman–Crippen MR) is 80.6 cm³/mol. The molecule has 0 saturated heterocycles. The van der Waals surface area contributed by atoms with Crippen molar-refractivity contribution in [1.82, 2.24) is 15.0 Å². The number of hydrogen-bond donors (Lipinski definition) is 1. The number of aromatic amines is 1. The van der Waals surface area contributed by atoms with Crippen LogP contribution in [0.5, 0.6) is 0 Å². The van der Waals surface area contributed by atoms with Gasteiger partial charge < -0.3 is 4.98 Å². The largest absolute Gasteiger partial charge is 0.305 e. The SMILES string of the molecule is O=c1[nH]c(-c2nccc3ccccc23)nc2c1CSC2. The summed E-state index contributed by atoms with van der Waals surface area (Å²) in [5, 5.41) is 2.10. The first kappa shape index (κ1) is 11.7. The van der Waals surface area contributed by atoms with Crippen LogP contribution < -0.4 is 5.56 Å². The van der Waals surface area contributed by atoms with Crippen LogP contribution in [0.4, 0.5) is 0 Å². The molecular formula is C15H11N3OS. The summed E-state index contributed by atoms with van der Waals surface area (Å²) in [6, 6.07) is 9.94. The molecule has 0 bridgehead atoms. The van der Waals surface area contributed by atoms with Gasteiger partial charge in [-0.05, 0) is 11.5 Å². The number of hydrogen-bond acceptors (Lipinski definition) is 4. The van der Waals surface area contributed by atoms with E-state index in [9.17, 15) is 4.79 Å². The van der Waals surface area contributed by atoms with E-state index in [0.29, 0.717) is 5.82 Å². The second-order valence-corrected chi connectivity index (χ2v) is 5.70. The molecule has 4 nitrogen and oxygen atoms in total. The summed E-state index contributed by atoms with van der Waals surface area (Å²) < 4.78 is 0.